The lowest BCUT2D eigenvalue weighted by molar-refractivity contribution is 0.0940. The van der Waals surface area contributed by atoms with Gasteiger partial charge in [-0.2, -0.15) is 0 Å². The molecule has 36 heavy (non-hydrogen) atoms. The number of fused-ring (bicyclic) bond motifs is 1. The number of pyridine rings is 1. The highest BCUT2D eigenvalue weighted by molar-refractivity contribution is 7.98. The molecule has 0 saturated carbocycles. The number of aryl methyl sites for hydroxylation is 1. The first kappa shape index (κ1) is 23.8. The standard InChI is InChI=1S/C30H28N4OS/c1-21-8-10-23(11-9-21)19-34-28-18-31-17-16-27(28)33-30(34)36-20-24-12-14-26(15-13-24)29(35)32-22(2)25-6-4-3-5-7-25/h3-18,22H,19-20H2,1-2H3,(H,32,35)/t22-/m0/s1. The molecule has 1 atom stereocenters. The van der Waals surface area contributed by atoms with Crippen molar-refractivity contribution in [3.05, 3.63) is 125 Å². The van der Waals surface area contributed by atoms with E-state index in [0.717, 1.165) is 39.6 Å². The molecule has 2 aromatic heterocycles. The van der Waals surface area contributed by atoms with E-state index in [2.05, 4.69) is 46.1 Å². The first-order valence-corrected chi connectivity index (χ1v) is 13.0. The van der Waals surface area contributed by atoms with E-state index in [9.17, 15) is 4.79 Å². The second-order valence-corrected chi connectivity index (χ2v) is 9.86. The van der Waals surface area contributed by atoms with Crippen molar-refractivity contribution in [1.29, 1.82) is 0 Å². The molecule has 0 radical (unpaired) electrons. The van der Waals surface area contributed by atoms with E-state index in [0.29, 0.717) is 5.56 Å². The highest BCUT2D eigenvalue weighted by Crippen LogP contribution is 2.27. The molecule has 3 aromatic carbocycles. The summed E-state index contributed by atoms with van der Waals surface area (Å²) < 4.78 is 2.23. The summed E-state index contributed by atoms with van der Waals surface area (Å²) in [5.74, 6) is 0.686. The van der Waals surface area contributed by atoms with Crippen molar-refractivity contribution in [3.8, 4) is 0 Å². The van der Waals surface area contributed by atoms with Crippen molar-refractivity contribution in [3.63, 3.8) is 0 Å². The van der Waals surface area contributed by atoms with E-state index in [1.165, 1.54) is 11.1 Å². The Labute approximate surface area is 215 Å². The van der Waals surface area contributed by atoms with E-state index in [-0.39, 0.29) is 11.9 Å². The Balaban J connectivity index is 1.27. The second-order valence-electron chi connectivity index (χ2n) is 8.92. The fourth-order valence-electron chi connectivity index (χ4n) is 4.09. The van der Waals surface area contributed by atoms with Crippen LogP contribution in [0.4, 0.5) is 0 Å². The van der Waals surface area contributed by atoms with Crippen molar-refractivity contribution in [1.82, 2.24) is 19.9 Å². The third-order valence-corrected chi connectivity index (χ3v) is 7.26. The summed E-state index contributed by atoms with van der Waals surface area (Å²) in [6.07, 6.45) is 3.66. The predicted molar refractivity (Wildman–Crippen MR) is 146 cm³/mol. The van der Waals surface area contributed by atoms with Gasteiger partial charge in [-0.15, -0.1) is 0 Å². The van der Waals surface area contributed by atoms with Gasteiger partial charge in [-0.05, 0) is 48.7 Å². The summed E-state index contributed by atoms with van der Waals surface area (Å²) in [6, 6.07) is 28.3. The third-order valence-electron chi connectivity index (χ3n) is 6.21. The number of nitrogens with one attached hydrogen (secondary N) is 1. The quantitative estimate of drug-likeness (QED) is 0.249. The van der Waals surface area contributed by atoms with E-state index >= 15 is 0 Å². The molecule has 1 amide bonds. The lowest BCUT2D eigenvalue weighted by Gasteiger charge is -2.14. The van der Waals surface area contributed by atoms with Gasteiger partial charge in [0, 0.05) is 17.5 Å². The summed E-state index contributed by atoms with van der Waals surface area (Å²) in [7, 11) is 0. The van der Waals surface area contributed by atoms with E-state index in [4.69, 9.17) is 4.98 Å². The molecule has 5 aromatic rings. The molecule has 0 aliphatic heterocycles. The smallest absolute Gasteiger partial charge is 0.251 e. The number of thioether (sulfide) groups is 1. The Morgan fingerprint density at radius 2 is 1.67 bits per heavy atom. The van der Waals surface area contributed by atoms with Crippen LogP contribution in [-0.2, 0) is 12.3 Å². The summed E-state index contributed by atoms with van der Waals surface area (Å²) in [5.41, 5.74) is 7.33. The van der Waals surface area contributed by atoms with Crippen LogP contribution < -0.4 is 5.32 Å². The lowest BCUT2D eigenvalue weighted by atomic mass is 10.1. The molecule has 0 bridgehead atoms. The Morgan fingerprint density at radius 1 is 0.944 bits per heavy atom. The molecule has 0 unspecified atom stereocenters. The largest absolute Gasteiger partial charge is 0.346 e. The number of hydrogen-bond donors (Lipinski definition) is 1. The summed E-state index contributed by atoms with van der Waals surface area (Å²) in [5, 5.41) is 4.03. The topological polar surface area (TPSA) is 59.8 Å². The highest BCUT2D eigenvalue weighted by Gasteiger charge is 2.14. The van der Waals surface area contributed by atoms with Crippen molar-refractivity contribution in [2.24, 2.45) is 0 Å². The Hall–Kier alpha value is -3.90. The molecule has 6 heteroatoms. The van der Waals surface area contributed by atoms with Crippen molar-refractivity contribution in [2.45, 2.75) is 37.3 Å². The Bertz CT molecular complexity index is 1460. The van der Waals surface area contributed by atoms with Crippen LogP contribution >= 0.6 is 11.8 Å². The normalized spacial score (nSPS) is 11.9. The highest BCUT2D eigenvalue weighted by atomic mass is 32.2. The molecule has 180 valence electrons. The molecule has 0 spiro atoms. The number of aromatic nitrogens is 3. The third kappa shape index (κ3) is 5.50. The molecule has 0 saturated heterocycles. The molecule has 1 N–H and O–H groups in total. The van der Waals surface area contributed by atoms with E-state index in [1.807, 2.05) is 73.8 Å². The summed E-state index contributed by atoms with van der Waals surface area (Å²) in [6.45, 7) is 4.83. The number of rotatable bonds is 8. The number of nitrogens with zero attached hydrogens (tertiary/aromatic N) is 3. The predicted octanol–water partition coefficient (Wildman–Crippen LogP) is 6.57. The first-order chi connectivity index (χ1) is 17.6. The molecular weight excluding hydrogens is 464 g/mol. The monoisotopic (exact) mass is 492 g/mol. The fraction of sp³-hybridized carbons (Fsp3) is 0.167. The minimum atomic E-state index is -0.0713. The number of amides is 1. The van der Waals surface area contributed by atoms with Gasteiger partial charge in [0.1, 0.15) is 0 Å². The van der Waals surface area contributed by atoms with Gasteiger partial charge in [-0.3, -0.25) is 9.78 Å². The van der Waals surface area contributed by atoms with Crippen LogP contribution in [-0.4, -0.2) is 20.4 Å². The van der Waals surface area contributed by atoms with Gasteiger partial charge in [0.2, 0.25) is 0 Å². The van der Waals surface area contributed by atoms with Crippen molar-refractivity contribution < 1.29 is 4.79 Å². The van der Waals surface area contributed by atoms with Crippen LogP contribution in [0.25, 0.3) is 11.0 Å². The van der Waals surface area contributed by atoms with Gasteiger partial charge in [0.15, 0.2) is 5.16 Å². The zero-order chi connectivity index (χ0) is 24.9. The van der Waals surface area contributed by atoms with Gasteiger partial charge in [-0.25, -0.2) is 4.98 Å². The van der Waals surface area contributed by atoms with Crippen LogP contribution in [0.5, 0.6) is 0 Å². The number of imidazole rings is 1. The van der Waals surface area contributed by atoms with E-state index in [1.54, 1.807) is 18.0 Å². The Kier molecular flexibility index (Phi) is 7.14. The first-order valence-electron chi connectivity index (χ1n) is 12.0. The maximum absolute atomic E-state index is 12.7. The summed E-state index contributed by atoms with van der Waals surface area (Å²) in [4.78, 5) is 21.9. The van der Waals surface area contributed by atoms with Gasteiger partial charge in [0.05, 0.1) is 29.8 Å². The maximum atomic E-state index is 12.7. The molecule has 5 nitrogen and oxygen atoms in total. The molecule has 0 aliphatic carbocycles. The van der Waals surface area contributed by atoms with Gasteiger partial charge in [0.25, 0.3) is 5.91 Å². The van der Waals surface area contributed by atoms with Crippen molar-refractivity contribution >= 4 is 28.7 Å². The molecule has 2 heterocycles. The van der Waals surface area contributed by atoms with Crippen molar-refractivity contribution in [2.75, 3.05) is 0 Å². The Morgan fingerprint density at radius 3 is 2.42 bits per heavy atom. The van der Waals surface area contributed by atoms with E-state index < -0.39 is 0 Å². The number of carbonyl (C=O) groups is 1. The maximum Gasteiger partial charge on any atom is 0.251 e. The number of carbonyl (C=O) groups excluding carboxylic acids is 1. The van der Waals surface area contributed by atoms with Crippen LogP contribution in [0.1, 0.15) is 45.6 Å². The van der Waals surface area contributed by atoms with Crippen LogP contribution in [0.2, 0.25) is 0 Å². The minimum absolute atomic E-state index is 0.0510. The zero-order valence-corrected chi connectivity index (χ0v) is 21.2. The number of hydrogen-bond acceptors (Lipinski definition) is 4. The van der Waals surface area contributed by atoms with Gasteiger partial charge in [-0.1, -0.05) is 84.1 Å². The SMILES string of the molecule is Cc1ccc(Cn2c(SCc3ccc(C(=O)N[C@@H](C)c4ccccc4)cc3)nc3ccncc32)cc1. The molecule has 0 aliphatic rings. The zero-order valence-electron chi connectivity index (χ0n) is 20.4. The van der Waals surface area contributed by atoms with Crippen LogP contribution in [0, 0.1) is 6.92 Å². The fourth-order valence-corrected chi connectivity index (χ4v) is 5.06. The average molecular weight is 493 g/mol. The second kappa shape index (κ2) is 10.8. The van der Waals surface area contributed by atoms with Crippen LogP contribution in [0.3, 0.4) is 0 Å². The lowest BCUT2D eigenvalue weighted by Crippen LogP contribution is -2.26. The molecular formula is C30H28N4OS. The number of benzene rings is 3. The molecule has 5 rings (SSSR count). The van der Waals surface area contributed by atoms with Crippen LogP contribution in [0.15, 0.2) is 102 Å². The van der Waals surface area contributed by atoms with Gasteiger partial charge < -0.3 is 9.88 Å². The molecule has 0 fully saturated rings. The summed E-state index contributed by atoms with van der Waals surface area (Å²) >= 11 is 1.69. The average Bonchev–Trinajstić information content (AvgIpc) is 3.26. The van der Waals surface area contributed by atoms with Gasteiger partial charge >= 0.3 is 0 Å². The minimum Gasteiger partial charge on any atom is -0.346 e.